The molecule has 1 aromatic heterocycles. The molecule has 1 aliphatic carbocycles. The van der Waals surface area contributed by atoms with E-state index in [2.05, 4.69) is 28.9 Å². The maximum atomic E-state index is 10.2. The molecule has 1 aliphatic rings. The van der Waals surface area contributed by atoms with Gasteiger partial charge in [0.15, 0.2) is 5.82 Å². The van der Waals surface area contributed by atoms with Crippen LogP contribution < -0.4 is 0 Å². The minimum atomic E-state index is -0.325. The molecular formula is C15H27N3O2. The summed E-state index contributed by atoms with van der Waals surface area (Å²) in [7, 11) is 0. The van der Waals surface area contributed by atoms with Crippen LogP contribution in [0.15, 0.2) is 4.52 Å². The van der Waals surface area contributed by atoms with Gasteiger partial charge in [0.1, 0.15) is 0 Å². The minimum absolute atomic E-state index is 0.325. The Morgan fingerprint density at radius 2 is 2.00 bits per heavy atom. The third kappa shape index (κ3) is 4.28. The summed E-state index contributed by atoms with van der Waals surface area (Å²) in [6.45, 7) is 7.35. The maximum Gasteiger partial charge on any atom is 0.229 e. The molecule has 0 amide bonds. The molecule has 1 aromatic rings. The van der Waals surface area contributed by atoms with Crippen LogP contribution in [0.1, 0.15) is 51.2 Å². The van der Waals surface area contributed by atoms with Crippen LogP contribution >= 0.6 is 0 Å². The number of nitrogens with zero attached hydrogens (tertiary/aromatic N) is 3. The first-order valence-electron chi connectivity index (χ1n) is 7.94. The predicted octanol–water partition coefficient (Wildman–Crippen LogP) is 2.05. The van der Waals surface area contributed by atoms with E-state index in [-0.39, 0.29) is 6.10 Å². The Kier molecular flexibility index (Phi) is 5.98. The molecule has 0 aromatic carbocycles. The highest BCUT2D eigenvalue weighted by atomic mass is 16.5. The van der Waals surface area contributed by atoms with E-state index in [1.807, 2.05) is 0 Å². The van der Waals surface area contributed by atoms with E-state index in [4.69, 9.17) is 4.52 Å². The number of hydrogen-bond donors (Lipinski definition) is 1. The van der Waals surface area contributed by atoms with Gasteiger partial charge in [-0.3, -0.25) is 0 Å². The molecule has 0 aliphatic heterocycles. The van der Waals surface area contributed by atoms with Crippen LogP contribution in [0.25, 0.3) is 0 Å². The lowest BCUT2D eigenvalue weighted by Crippen LogP contribution is -2.25. The molecule has 114 valence electrons. The summed E-state index contributed by atoms with van der Waals surface area (Å²) in [5, 5.41) is 14.2. The Morgan fingerprint density at radius 3 is 2.65 bits per heavy atom. The molecule has 1 unspecified atom stereocenters. The number of hydrogen-bond acceptors (Lipinski definition) is 5. The van der Waals surface area contributed by atoms with Crippen molar-refractivity contribution in [2.75, 3.05) is 19.6 Å². The van der Waals surface area contributed by atoms with Crippen molar-refractivity contribution in [3.8, 4) is 0 Å². The van der Waals surface area contributed by atoms with Gasteiger partial charge in [0.05, 0.1) is 12.5 Å². The average molecular weight is 281 g/mol. The predicted molar refractivity (Wildman–Crippen MR) is 77.5 cm³/mol. The quantitative estimate of drug-likeness (QED) is 0.790. The van der Waals surface area contributed by atoms with Gasteiger partial charge < -0.3 is 14.5 Å². The lowest BCUT2D eigenvalue weighted by molar-refractivity contribution is 0.102. The summed E-state index contributed by atoms with van der Waals surface area (Å²) in [5.41, 5.74) is 0. The second kappa shape index (κ2) is 7.74. The number of aromatic nitrogens is 2. The van der Waals surface area contributed by atoms with Crippen molar-refractivity contribution in [3.63, 3.8) is 0 Å². The van der Waals surface area contributed by atoms with Crippen molar-refractivity contribution in [2.24, 2.45) is 5.92 Å². The smallest absolute Gasteiger partial charge is 0.229 e. The van der Waals surface area contributed by atoms with Crippen molar-refractivity contribution in [1.29, 1.82) is 0 Å². The SMILES string of the molecule is CCN(CC)CCc1noc(CC(O)C2CCCC2)n1. The molecule has 1 N–H and O–H groups in total. The summed E-state index contributed by atoms with van der Waals surface area (Å²) in [5.74, 6) is 1.76. The third-order valence-electron chi connectivity index (χ3n) is 4.38. The van der Waals surface area contributed by atoms with Crippen LogP contribution in [0.3, 0.4) is 0 Å². The van der Waals surface area contributed by atoms with Crippen LogP contribution in [0, 0.1) is 5.92 Å². The van der Waals surface area contributed by atoms with E-state index in [9.17, 15) is 5.11 Å². The lowest BCUT2D eigenvalue weighted by Gasteiger charge is -2.16. The summed E-state index contributed by atoms with van der Waals surface area (Å²) in [4.78, 5) is 6.73. The van der Waals surface area contributed by atoms with Gasteiger partial charge in [0, 0.05) is 13.0 Å². The van der Waals surface area contributed by atoms with Crippen molar-refractivity contribution < 1.29 is 9.63 Å². The Bertz CT molecular complexity index is 384. The summed E-state index contributed by atoms with van der Waals surface area (Å²) in [6.07, 6.45) is 5.72. The molecule has 1 fully saturated rings. The summed E-state index contributed by atoms with van der Waals surface area (Å²) >= 11 is 0. The van der Waals surface area contributed by atoms with Gasteiger partial charge >= 0.3 is 0 Å². The normalized spacial score (nSPS) is 18.0. The largest absolute Gasteiger partial charge is 0.392 e. The molecule has 0 saturated heterocycles. The molecule has 1 saturated carbocycles. The molecular weight excluding hydrogens is 254 g/mol. The molecule has 20 heavy (non-hydrogen) atoms. The Hall–Kier alpha value is -0.940. The highest BCUT2D eigenvalue weighted by Crippen LogP contribution is 2.28. The fourth-order valence-electron chi connectivity index (χ4n) is 2.96. The van der Waals surface area contributed by atoms with Gasteiger partial charge in [0.2, 0.25) is 5.89 Å². The standard InChI is InChI=1S/C15H27N3O2/c1-3-18(4-2)10-9-14-16-15(20-17-14)11-13(19)12-7-5-6-8-12/h12-13,19H,3-11H2,1-2H3. The van der Waals surface area contributed by atoms with Gasteiger partial charge in [-0.25, -0.2) is 0 Å². The van der Waals surface area contributed by atoms with E-state index in [0.717, 1.165) is 44.7 Å². The first-order chi connectivity index (χ1) is 9.72. The zero-order valence-electron chi connectivity index (χ0n) is 12.7. The van der Waals surface area contributed by atoms with Gasteiger partial charge in [-0.2, -0.15) is 4.98 Å². The molecule has 1 atom stereocenters. The fraction of sp³-hybridized carbons (Fsp3) is 0.867. The van der Waals surface area contributed by atoms with Crippen molar-refractivity contribution in [2.45, 2.75) is 58.5 Å². The molecule has 0 radical (unpaired) electrons. The molecule has 1 heterocycles. The van der Waals surface area contributed by atoms with Crippen LogP contribution in [-0.4, -0.2) is 45.9 Å². The summed E-state index contributed by atoms with van der Waals surface area (Å²) < 4.78 is 5.25. The molecule has 0 bridgehead atoms. The zero-order valence-corrected chi connectivity index (χ0v) is 12.7. The number of aliphatic hydroxyl groups is 1. The first-order valence-corrected chi connectivity index (χ1v) is 7.94. The van der Waals surface area contributed by atoms with Crippen molar-refractivity contribution in [3.05, 3.63) is 11.7 Å². The topological polar surface area (TPSA) is 62.4 Å². The van der Waals surface area contributed by atoms with Crippen LogP contribution in [0.5, 0.6) is 0 Å². The first kappa shape index (κ1) is 15.4. The van der Waals surface area contributed by atoms with E-state index in [1.165, 1.54) is 12.8 Å². The van der Waals surface area contributed by atoms with Crippen LogP contribution in [0.2, 0.25) is 0 Å². The molecule has 5 heteroatoms. The van der Waals surface area contributed by atoms with Crippen LogP contribution in [0.4, 0.5) is 0 Å². The Balaban J connectivity index is 1.79. The second-order valence-electron chi connectivity index (χ2n) is 5.70. The van der Waals surface area contributed by atoms with Gasteiger partial charge in [-0.15, -0.1) is 0 Å². The monoisotopic (exact) mass is 281 g/mol. The van der Waals surface area contributed by atoms with Gasteiger partial charge in [-0.05, 0) is 31.8 Å². The lowest BCUT2D eigenvalue weighted by atomic mass is 9.98. The average Bonchev–Trinajstić information content (AvgIpc) is 3.11. The van der Waals surface area contributed by atoms with Crippen molar-refractivity contribution >= 4 is 0 Å². The van der Waals surface area contributed by atoms with Crippen LogP contribution in [-0.2, 0) is 12.8 Å². The maximum absolute atomic E-state index is 10.2. The highest BCUT2D eigenvalue weighted by Gasteiger charge is 2.25. The van der Waals surface area contributed by atoms with E-state index < -0.39 is 0 Å². The Labute approximate surface area is 121 Å². The molecule has 0 spiro atoms. The van der Waals surface area contributed by atoms with E-state index in [1.54, 1.807) is 0 Å². The molecule has 5 nitrogen and oxygen atoms in total. The van der Waals surface area contributed by atoms with Gasteiger partial charge in [0.25, 0.3) is 0 Å². The van der Waals surface area contributed by atoms with E-state index >= 15 is 0 Å². The zero-order chi connectivity index (χ0) is 14.4. The minimum Gasteiger partial charge on any atom is -0.392 e. The summed E-state index contributed by atoms with van der Waals surface area (Å²) in [6, 6.07) is 0. The number of aliphatic hydroxyl groups excluding tert-OH is 1. The molecule has 2 rings (SSSR count). The number of rotatable bonds is 8. The fourth-order valence-corrected chi connectivity index (χ4v) is 2.96. The van der Waals surface area contributed by atoms with Gasteiger partial charge in [-0.1, -0.05) is 31.8 Å². The van der Waals surface area contributed by atoms with E-state index in [0.29, 0.717) is 18.2 Å². The van der Waals surface area contributed by atoms with Crippen molar-refractivity contribution in [1.82, 2.24) is 15.0 Å². The second-order valence-corrected chi connectivity index (χ2v) is 5.70. The number of likely N-dealkylation sites (N-methyl/N-ethyl adjacent to an activating group) is 1. The third-order valence-corrected chi connectivity index (χ3v) is 4.38. The Morgan fingerprint density at radius 1 is 1.30 bits per heavy atom. The highest BCUT2D eigenvalue weighted by molar-refractivity contribution is 4.90.